The minimum absolute atomic E-state index is 0.112. The standard InChI is InChI=1S/C15H18N2O3/c1-4-12(16-3)15-9-8-14(20-15)11-6-5-7-13(10(11)2)17(18)19/h5-9,12,16H,4H2,1-3H3. The van der Waals surface area contributed by atoms with Gasteiger partial charge in [-0.05, 0) is 32.5 Å². The summed E-state index contributed by atoms with van der Waals surface area (Å²) in [5, 5.41) is 14.2. The number of hydrogen-bond donors (Lipinski definition) is 1. The summed E-state index contributed by atoms with van der Waals surface area (Å²) >= 11 is 0. The first-order chi connectivity index (χ1) is 9.58. The Morgan fingerprint density at radius 3 is 2.70 bits per heavy atom. The molecular formula is C15H18N2O3. The van der Waals surface area contributed by atoms with Gasteiger partial charge in [0.2, 0.25) is 0 Å². The number of rotatable bonds is 5. The molecule has 0 aliphatic carbocycles. The van der Waals surface area contributed by atoms with Crippen molar-refractivity contribution in [3.05, 3.63) is 51.8 Å². The molecule has 2 aromatic rings. The van der Waals surface area contributed by atoms with E-state index >= 15 is 0 Å². The summed E-state index contributed by atoms with van der Waals surface area (Å²) in [5.74, 6) is 1.51. The molecule has 0 spiro atoms. The monoisotopic (exact) mass is 274 g/mol. The molecule has 5 heteroatoms. The molecule has 0 saturated carbocycles. The third-order valence-corrected chi connectivity index (χ3v) is 3.49. The lowest BCUT2D eigenvalue weighted by molar-refractivity contribution is -0.385. The highest BCUT2D eigenvalue weighted by Gasteiger charge is 2.18. The Morgan fingerprint density at radius 1 is 1.35 bits per heavy atom. The molecule has 106 valence electrons. The Bertz CT molecular complexity index is 615. The van der Waals surface area contributed by atoms with Gasteiger partial charge in [-0.15, -0.1) is 0 Å². The molecule has 1 atom stereocenters. The van der Waals surface area contributed by atoms with E-state index < -0.39 is 0 Å². The lowest BCUT2D eigenvalue weighted by Gasteiger charge is -2.10. The zero-order valence-electron chi connectivity index (χ0n) is 11.8. The van der Waals surface area contributed by atoms with Crippen molar-refractivity contribution in [3.8, 4) is 11.3 Å². The number of nitrogens with one attached hydrogen (secondary N) is 1. The van der Waals surface area contributed by atoms with E-state index in [1.165, 1.54) is 6.07 Å². The van der Waals surface area contributed by atoms with Crippen LogP contribution in [-0.2, 0) is 0 Å². The number of furan rings is 1. The zero-order valence-corrected chi connectivity index (χ0v) is 11.8. The van der Waals surface area contributed by atoms with Gasteiger partial charge < -0.3 is 9.73 Å². The molecule has 1 aromatic heterocycles. The largest absolute Gasteiger partial charge is 0.459 e. The van der Waals surface area contributed by atoms with Gasteiger partial charge in [0.05, 0.1) is 11.0 Å². The van der Waals surface area contributed by atoms with Gasteiger partial charge in [-0.2, -0.15) is 0 Å². The highest BCUT2D eigenvalue weighted by molar-refractivity contribution is 5.67. The predicted octanol–water partition coefficient (Wildman–Crippen LogP) is 3.83. The summed E-state index contributed by atoms with van der Waals surface area (Å²) in [5.41, 5.74) is 1.49. The summed E-state index contributed by atoms with van der Waals surface area (Å²) in [6, 6.07) is 8.96. The second kappa shape index (κ2) is 5.88. The Balaban J connectivity index is 2.43. The number of nitrogens with zero attached hydrogens (tertiary/aromatic N) is 1. The molecule has 1 heterocycles. The third kappa shape index (κ3) is 2.58. The summed E-state index contributed by atoms with van der Waals surface area (Å²) in [6.45, 7) is 3.81. The lowest BCUT2D eigenvalue weighted by Crippen LogP contribution is -2.14. The van der Waals surface area contributed by atoms with E-state index in [1.807, 2.05) is 25.2 Å². The lowest BCUT2D eigenvalue weighted by atomic mass is 10.1. The van der Waals surface area contributed by atoms with Crippen LogP contribution in [-0.4, -0.2) is 12.0 Å². The smallest absolute Gasteiger partial charge is 0.273 e. The minimum atomic E-state index is -0.370. The zero-order chi connectivity index (χ0) is 14.7. The molecule has 1 N–H and O–H groups in total. The molecule has 0 aliphatic heterocycles. The average molecular weight is 274 g/mol. The molecule has 0 amide bonds. The van der Waals surface area contributed by atoms with E-state index in [-0.39, 0.29) is 16.7 Å². The highest BCUT2D eigenvalue weighted by atomic mass is 16.6. The normalized spacial score (nSPS) is 12.3. The maximum Gasteiger partial charge on any atom is 0.273 e. The van der Waals surface area contributed by atoms with Crippen LogP contribution in [0.4, 0.5) is 5.69 Å². The van der Waals surface area contributed by atoms with Crippen molar-refractivity contribution in [1.29, 1.82) is 0 Å². The van der Waals surface area contributed by atoms with Crippen molar-refractivity contribution in [2.75, 3.05) is 7.05 Å². The van der Waals surface area contributed by atoms with Crippen LogP contribution >= 0.6 is 0 Å². The molecular weight excluding hydrogens is 256 g/mol. The predicted molar refractivity (Wildman–Crippen MR) is 77.6 cm³/mol. The molecule has 1 aromatic carbocycles. The molecule has 2 rings (SSSR count). The van der Waals surface area contributed by atoms with E-state index in [9.17, 15) is 10.1 Å². The van der Waals surface area contributed by atoms with Gasteiger partial charge >= 0.3 is 0 Å². The molecule has 0 aliphatic rings. The van der Waals surface area contributed by atoms with Crippen molar-refractivity contribution in [2.24, 2.45) is 0 Å². The first kappa shape index (κ1) is 14.3. The quantitative estimate of drug-likeness (QED) is 0.664. The van der Waals surface area contributed by atoms with Gasteiger partial charge in [-0.1, -0.05) is 19.1 Å². The Hall–Kier alpha value is -2.14. The van der Waals surface area contributed by atoms with Crippen molar-refractivity contribution >= 4 is 5.69 Å². The summed E-state index contributed by atoms with van der Waals surface area (Å²) in [6.07, 6.45) is 0.914. The Morgan fingerprint density at radius 2 is 2.10 bits per heavy atom. The molecule has 1 unspecified atom stereocenters. The minimum Gasteiger partial charge on any atom is -0.459 e. The van der Waals surface area contributed by atoms with Crippen LogP contribution < -0.4 is 5.32 Å². The van der Waals surface area contributed by atoms with Crippen LogP contribution in [0.2, 0.25) is 0 Å². The molecule has 0 fully saturated rings. The fourth-order valence-corrected chi connectivity index (χ4v) is 2.32. The van der Waals surface area contributed by atoms with E-state index in [2.05, 4.69) is 12.2 Å². The Kier molecular flexibility index (Phi) is 4.20. The van der Waals surface area contributed by atoms with Gasteiger partial charge in [0.15, 0.2) is 0 Å². The van der Waals surface area contributed by atoms with Crippen molar-refractivity contribution in [1.82, 2.24) is 5.32 Å². The molecule has 20 heavy (non-hydrogen) atoms. The van der Waals surface area contributed by atoms with Crippen LogP contribution in [0.5, 0.6) is 0 Å². The number of benzene rings is 1. The number of nitro groups is 1. The van der Waals surface area contributed by atoms with E-state index in [0.29, 0.717) is 11.3 Å². The van der Waals surface area contributed by atoms with Gasteiger partial charge in [0.25, 0.3) is 5.69 Å². The molecule has 0 bridgehead atoms. The maximum atomic E-state index is 11.0. The van der Waals surface area contributed by atoms with Crippen molar-refractivity contribution in [3.63, 3.8) is 0 Å². The molecule has 0 radical (unpaired) electrons. The fourth-order valence-electron chi connectivity index (χ4n) is 2.32. The Labute approximate surface area is 117 Å². The number of nitro benzene ring substituents is 1. The van der Waals surface area contributed by atoms with Crippen molar-refractivity contribution in [2.45, 2.75) is 26.3 Å². The second-order valence-corrected chi connectivity index (χ2v) is 4.66. The fraction of sp³-hybridized carbons (Fsp3) is 0.333. The van der Waals surface area contributed by atoms with Crippen LogP contribution in [0.15, 0.2) is 34.7 Å². The summed E-state index contributed by atoms with van der Waals surface area (Å²) < 4.78 is 5.84. The molecule has 5 nitrogen and oxygen atoms in total. The van der Waals surface area contributed by atoms with Gasteiger partial charge in [0, 0.05) is 17.2 Å². The summed E-state index contributed by atoms with van der Waals surface area (Å²) in [7, 11) is 1.88. The highest BCUT2D eigenvalue weighted by Crippen LogP contribution is 2.32. The van der Waals surface area contributed by atoms with Crippen LogP contribution in [0.25, 0.3) is 11.3 Å². The van der Waals surface area contributed by atoms with E-state index in [0.717, 1.165) is 17.7 Å². The summed E-state index contributed by atoms with van der Waals surface area (Å²) in [4.78, 5) is 10.6. The number of hydrogen-bond acceptors (Lipinski definition) is 4. The van der Waals surface area contributed by atoms with E-state index in [1.54, 1.807) is 13.0 Å². The van der Waals surface area contributed by atoms with Gasteiger partial charge in [0.1, 0.15) is 11.5 Å². The van der Waals surface area contributed by atoms with Gasteiger partial charge in [-0.25, -0.2) is 0 Å². The van der Waals surface area contributed by atoms with E-state index in [4.69, 9.17) is 4.42 Å². The maximum absolute atomic E-state index is 11.0. The topological polar surface area (TPSA) is 68.3 Å². The third-order valence-electron chi connectivity index (χ3n) is 3.49. The van der Waals surface area contributed by atoms with Crippen LogP contribution in [0, 0.1) is 17.0 Å². The van der Waals surface area contributed by atoms with Crippen molar-refractivity contribution < 1.29 is 9.34 Å². The average Bonchev–Trinajstić information content (AvgIpc) is 2.89. The second-order valence-electron chi connectivity index (χ2n) is 4.66. The first-order valence-electron chi connectivity index (χ1n) is 6.59. The van der Waals surface area contributed by atoms with Crippen LogP contribution in [0.1, 0.15) is 30.7 Å². The van der Waals surface area contributed by atoms with Crippen LogP contribution in [0.3, 0.4) is 0 Å². The molecule has 0 saturated heterocycles. The first-order valence-corrected chi connectivity index (χ1v) is 6.59. The SMILES string of the molecule is CCC(NC)c1ccc(-c2cccc([N+](=O)[O-])c2C)o1. The van der Waals surface area contributed by atoms with Gasteiger partial charge in [-0.3, -0.25) is 10.1 Å².